The topological polar surface area (TPSA) is 20.2 Å². The molecule has 96 valence electrons. The van der Waals surface area contributed by atoms with Crippen LogP contribution in [0.3, 0.4) is 0 Å². The van der Waals surface area contributed by atoms with Gasteiger partial charge in [-0.15, -0.1) is 0 Å². The number of fused-ring (bicyclic) bond motifs is 1. The van der Waals surface area contributed by atoms with Crippen LogP contribution in [0.1, 0.15) is 59.3 Å². The van der Waals surface area contributed by atoms with Crippen LogP contribution < -0.4 is 0 Å². The molecule has 0 saturated heterocycles. The first-order valence-corrected chi connectivity index (χ1v) is 7.03. The van der Waals surface area contributed by atoms with Gasteiger partial charge in [0.25, 0.3) is 0 Å². The van der Waals surface area contributed by atoms with Crippen molar-refractivity contribution in [2.75, 3.05) is 0 Å². The van der Waals surface area contributed by atoms with E-state index in [1.807, 2.05) is 0 Å². The van der Waals surface area contributed by atoms with Gasteiger partial charge >= 0.3 is 0 Å². The van der Waals surface area contributed by atoms with E-state index < -0.39 is 0 Å². The molecular weight excluding hydrogens is 208 g/mol. The number of rotatable bonds is 5. The molecule has 1 nitrogen and oxygen atoms in total. The standard InChI is InChI=1S/C16H26O/c1-12(2)5-4-6-13(3)7-8-14-9-10-15-11-16(14,15)17/h5,7,14-15,17H,4,6,8-11H2,1-3H3/b13-7+/t14-,15?,16-/m1/s1. The molecule has 1 N–H and O–H groups in total. The van der Waals surface area contributed by atoms with Gasteiger partial charge in [-0.05, 0) is 71.1 Å². The lowest BCUT2D eigenvalue weighted by Gasteiger charge is -2.16. The zero-order valence-corrected chi connectivity index (χ0v) is 11.5. The Morgan fingerprint density at radius 3 is 2.53 bits per heavy atom. The van der Waals surface area contributed by atoms with Crippen LogP contribution in [-0.4, -0.2) is 10.7 Å². The van der Waals surface area contributed by atoms with Crippen LogP contribution in [0.2, 0.25) is 0 Å². The molecule has 0 amide bonds. The van der Waals surface area contributed by atoms with E-state index in [1.165, 1.54) is 30.4 Å². The summed E-state index contributed by atoms with van der Waals surface area (Å²) < 4.78 is 0. The molecular formula is C16H26O. The van der Waals surface area contributed by atoms with Gasteiger partial charge in [0, 0.05) is 0 Å². The minimum atomic E-state index is -0.253. The van der Waals surface area contributed by atoms with Crippen molar-refractivity contribution in [3.63, 3.8) is 0 Å². The molecule has 0 aromatic heterocycles. The number of hydrogen-bond donors (Lipinski definition) is 1. The van der Waals surface area contributed by atoms with Crippen LogP contribution in [0.5, 0.6) is 0 Å². The van der Waals surface area contributed by atoms with Crippen molar-refractivity contribution in [2.24, 2.45) is 11.8 Å². The van der Waals surface area contributed by atoms with Gasteiger partial charge in [-0.2, -0.15) is 0 Å². The van der Waals surface area contributed by atoms with Gasteiger partial charge in [0.2, 0.25) is 0 Å². The highest BCUT2D eigenvalue weighted by molar-refractivity contribution is 5.14. The summed E-state index contributed by atoms with van der Waals surface area (Å²) in [4.78, 5) is 0. The average Bonchev–Trinajstić information content (AvgIpc) is 2.81. The van der Waals surface area contributed by atoms with E-state index in [-0.39, 0.29) is 5.60 Å². The van der Waals surface area contributed by atoms with Gasteiger partial charge < -0.3 is 5.11 Å². The molecule has 17 heavy (non-hydrogen) atoms. The van der Waals surface area contributed by atoms with Crippen molar-refractivity contribution in [1.82, 2.24) is 0 Å². The van der Waals surface area contributed by atoms with Crippen LogP contribution >= 0.6 is 0 Å². The molecule has 1 unspecified atom stereocenters. The predicted molar refractivity (Wildman–Crippen MR) is 72.8 cm³/mol. The highest BCUT2D eigenvalue weighted by Crippen LogP contribution is 2.60. The third kappa shape index (κ3) is 3.01. The SMILES string of the molecule is CC(C)=CCC/C(C)=C/C[C@@H]1CCC2C[C@]21O. The maximum atomic E-state index is 10.3. The lowest BCUT2D eigenvalue weighted by atomic mass is 9.95. The summed E-state index contributed by atoms with van der Waals surface area (Å²) in [5.74, 6) is 1.19. The molecule has 2 rings (SSSR count). The second kappa shape index (κ2) is 4.97. The van der Waals surface area contributed by atoms with E-state index in [1.54, 1.807) is 0 Å². The predicted octanol–water partition coefficient (Wildman–Crippen LogP) is 4.23. The maximum Gasteiger partial charge on any atom is 0.0711 e. The normalized spacial score (nSPS) is 35.6. The third-order valence-electron chi connectivity index (χ3n) is 4.53. The molecule has 0 aromatic rings. The summed E-state index contributed by atoms with van der Waals surface area (Å²) in [6.45, 7) is 6.53. The van der Waals surface area contributed by atoms with Gasteiger partial charge in [-0.25, -0.2) is 0 Å². The summed E-state index contributed by atoms with van der Waals surface area (Å²) in [6, 6.07) is 0. The van der Waals surface area contributed by atoms with Crippen LogP contribution in [0, 0.1) is 11.8 Å². The van der Waals surface area contributed by atoms with Crippen molar-refractivity contribution < 1.29 is 5.11 Å². The second-order valence-corrected chi connectivity index (χ2v) is 6.27. The molecule has 0 heterocycles. The zero-order valence-electron chi connectivity index (χ0n) is 11.5. The molecule has 3 atom stereocenters. The van der Waals surface area contributed by atoms with Crippen molar-refractivity contribution in [2.45, 2.75) is 64.9 Å². The lowest BCUT2D eigenvalue weighted by molar-refractivity contribution is 0.0903. The van der Waals surface area contributed by atoms with Gasteiger partial charge in [-0.1, -0.05) is 23.3 Å². The molecule has 2 aliphatic rings. The van der Waals surface area contributed by atoms with Crippen molar-refractivity contribution in [1.29, 1.82) is 0 Å². The van der Waals surface area contributed by atoms with Crippen molar-refractivity contribution >= 4 is 0 Å². The molecule has 0 radical (unpaired) electrons. The first kappa shape index (κ1) is 12.9. The number of allylic oxidation sites excluding steroid dienone is 4. The van der Waals surface area contributed by atoms with Crippen LogP contribution in [0.15, 0.2) is 23.3 Å². The minimum Gasteiger partial charge on any atom is -0.389 e. The Labute approximate surface area is 106 Å². The Hall–Kier alpha value is -0.560. The largest absolute Gasteiger partial charge is 0.389 e. The summed E-state index contributed by atoms with van der Waals surface area (Å²) in [5.41, 5.74) is 2.63. The van der Waals surface area contributed by atoms with Crippen LogP contribution in [-0.2, 0) is 0 Å². The van der Waals surface area contributed by atoms with E-state index in [4.69, 9.17) is 0 Å². The summed E-state index contributed by atoms with van der Waals surface area (Å²) >= 11 is 0. The number of hydrogen-bond acceptors (Lipinski definition) is 1. The molecule has 0 spiro atoms. The smallest absolute Gasteiger partial charge is 0.0711 e. The molecule has 2 fully saturated rings. The quantitative estimate of drug-likeness (QED) is 0.706. The minimum absolute atomic E-state index is 0.253. The van der Waals surface area contributed by atoms with Crippen molar-refractivity contribution in [3.8, 4) is 0 Å². The van der Waals surface area contributed by atoms with E-state index in [0.29, 0.717) is 11.8 Å². The zero-order chi connectivity index (χ0) is 12.5. The molecule has 0 aromatic carbocycles. The lowest BCUT2D eigenvalue weighted by Crippen LogP contribution is -2.18. The van der Waals surface area contributed by atoms with E-state index in [2.05, 4.69) is 32.9 Å². The fourth-order valence-electron chi connectivity index (χ4n) is 3.20. The fourth-order valence-corrected chi connectivity index (χ4v) is 3.20. The van der Waals surface area contributed by atoms with Crippen LogP contribution in [0.4, 0.5) is 0 Å². The van der Waals surface area contributed by atoms with E-state index >= 15 is 0 Å². The summed E-state index contributed by atoms with van der Waals surface area (Å²) in [5, 5.41) is 10.3. The van der Waals surface area contributed by atoms with E-state index in [0.717, 1.165) is 19.3 Å². The summed E-state index contributed by atoms with van der Waals surface area (Å²) in [6.07, 6.45) is 11.6. The molecule has 2 saturated carbocycles. The Kier molecular flexibility index (Phi) is 3.77. The maximum absolute atomic E-state index is 10.3. The Morgan fingerprint density at radius 2 is 2.00 bits per heavy atom. The first-order chi connectivity index (χ1) is 8.02. The Balaban J connectivity index is 1.74. The average molecular weight is 234 g/mol. The molecule has 0 aliphatic heterocycles. The van der Waals surface area contributed by atoms with Gasteiger partial charge in [-0.3, -0.25) is 0 Å². The van der Waals surface area contributed by atoms with E-state index in [9.17, 15) is 5.11 Å². The van der Waals surface area contributed by atoms with Crippen molar-refractivity contribution in [3.05, 3.63) is 23.3 Å². The Morgan fingerprint density at radius 1 is 1.24 bits per heavy atom. The highest BCUT2D eigenvalue weighted by atomic mass is 16.3. The molecule has 1 heteroatoms. The molecule has 0 bridgehead atoms. The van der Waals surface area contributed by atoms with Gasteiger partial charge in [0.05, 0.1) is 5.60 Å². The third-order valence-corrected chi connectivity index (χ3v) is 4.53. The van der Waals surface area contributed by atoms with Crippen LogP contribution in [0.25, 0.3) is 0 Å². The number of aliphatic hydroxyl groups is 1. The van der Waals surface area contributed by atoms with Gasteiger partial charge in [0.15, 0.2) is 0 Å². The monoisotopic (exact) mass is 234 g/mol. The fraction of sp³-hybridized carbons (Fsp3) is 0.750. The highest BCUT2D eigenvalue weighted by Gasteiger charge is 2.61. The Bertz CT molecular complexity index is 333. The van der Waals surface area contributed by atoms with Gasteiger partial charge in [0.1, 0.15) is 0 Å². The first-order valence-electron chi connectivity index (χ1n) is 7.03. The second-order valence-electron chi connectivity index (χ2n) is 6.27. The molecule has 2 aliphatic carbocycles. The summed E-state index contributed by atoms with van der Waals surface area (Å²) in [7, 11) is 0.